The Morgan fingerprint density at radius 1 is 1.31 bits per heavy atom. The van der Waals surface area contributed by atoms with Crippen molar-refractivity contribution in [3.63, 3.8) is 0 Å². The summed E-state index contributed by atoms with van der Waals surface area (Å²) in [5.41, 5.74) is 6.02. The van der Waals surface area contributed by atoms with Crippen LogP contribution in [0.5, 0.6) is 0 Å². The first-order valence-corrected chi connectivity index (χ1v) is 5.81. The van der Waals surface area contributed by atoms with E-state index in [-0.39, 0.29) is 6.42 Å². The lowest BCUT2D eigenvalue weighted by atomic mass is 10.2. The number of benzene rings is 1. The second-order valence-electron chi connectivity index (χ2n) is 3.29. The summed E-state index contributed by atoms with van der Waals surface area (Å²) in [4.78, 5) is 21.5. The lowest BCUT2D eigenvalue weighted by Gasteiger charge is -2.09. The monoisotopic (exact) mass is 239 g/mol. The average Bonchev–Trinajstić information content (AvgIpc) is 2.25. The van der Waals surface area contributed by atoms with E-state index in [2.05, 4.69) is 0 Å². The van der Waals surface area contributed by atoms with Gasteiger partial charge < -0.3 is 10.8 Å². The molecule has 0 saturated carbocycles. The zero-order chi connectivity index (χ0) is 12.0. The van der Waals surface area contributed by atoms with Gasteiger partial charge in [-0.25, -0.2) is 0 Å². The molecule has 0 aliphatic heterocycles. The smallest absolute Gasteiger partial charge is 0.317 e. The molecule has 0 spiro atoms. The molecule has 0 radical (unpaired) electrons. The molecule has 1 rings (SSSR count). The van der Waals surface area contributed by atoms with Crippen LogP contribution in [-0.4, -0.2) is 22.2 Å². The van der Waals surface area contributed by atoms with Crippen molar-refractivity contribution < 1.29 is 14.7 Å². The number of carbonyl (C=O) groups is 2. The number of thioether (sulfide) groups is 1. The van der Waals surface area contributed by atoms with Gasteiger partial charge >= 0.3 is 5.97 Å². The molecular weight excluding hydrogens is 226 g/mol. The Kier molecular flexibility index (Phi) is 4.85. The molecule has 0 bridgehead atoms. The summed E-state index contributed by atoms with van der Waals surface area (Å²) >= 11 is 1.21. The highest BCUT2D eigenvalue weighted by Gasteiger charge is 2.20. The fourth-order valence-corrected chi connectivity index (χ4v) is 2.18. The molecule has 0 aliphatic carbocycles. The van der Waals surface area contributed by atoms with E-state index in [1.165, 1.54) is 11.8 Å². The van der Waals surface area contributed by atoms with E-state index >= 15 is 0 Å². The van der Waals surface area contributed by atoms with Crippen molar-refractivity contribution in [2.75, 3.05) is 0 Å². The van der Waals surface area contributed by atoms with Gasteiger partial charge in [0, 0.05) is 12.2 Å². The largest absolute Gasteiger partial charge is 0.480 e. The molecule has 16 heavy (non-hydrogen) atoms. The molecule has 1 aromatic rings. The second kappa shape index (κ2) is 6.17. The first-order valence-electron chi connectivity index (χ1n) is 4.76. The predicted molar refractivity (Wildman–Crippen MR) is 63.0 cm³/mol. The number of rotatable bonds is 6. The number of aliphatic carboxylic acids is 1. The number of hydrogen-bond donors (Lipinski definition) is 2. The van der Waals surface area contributed by atoms with E-state index in [4.69, 9.17) is 10.8 Å². The third-order valence-electron chi connectivity index (χ3n) is 1.96. The summed E-state index contributed by atoms with van der Waals surface area (Å²) in [6.45, 7) is 0. The minimum atomic E-state index is -1.00. The Bertz CT molecular complexity index is 367. The minimum absolute atomic E-state index is 0.132. The van der Waals surface area contributed by atoms with E-state index in [1.807, 2.05) is 30.3 Å². The van der Waals surface area contributed by atoms with Gasteiger partial charge in [-0.2, -0.15) is 0 Å². The lowest BCUT2D eigenvalue weighted by molar-refractivity contribution is -0.137. The Labute approximate surface area is 97.8 Å². The highest BCUT2D eigenvalue weighted by atomic mass is 32.2. The zero-order valence-corrected chi connectivity index (χ0v) is 9.44. The van der Waals surface area contributed by atoms with Crippen LogP contribution in [0.3, 0.4) is 0 Å². The van der Waals surface area contributed by atoms with Crippen molar-refractivity contribution in [1.29, 1.82) is 0 Å². The predicted octanol–water partition coefficient (Wildman–Crippen LogP) is 1.25. The molecule has 1 atom stereocenters. The molecule has 0 aromatic heterocycles. The number of nitrogens with two attached hydrogens (primary N) is 1. The third-order valence-corrected chi connectivity index (χ3v) is 3.23. The van der Waals surface area contributed by atoms with E-state index in [9.17, 15) is 9.59 Å². The maximum atomic E-state index is 10.8. The zero-order valence-electron chi connectivity index (χ0n) is 8.63. The van der Waals surface area contributed by atoms with Crippen LogP contribution in [0.4, 0.5) is 0 Å². The van der Waals surface area contributed by atoms with Crippen LogP contribution >= 0.6 is 11.8 Å². The maximum absolute atomic E-state index is 10.8. The number of hydrogen-bond acceptors (Lipinski definition) is 3. The SMILES string of the molecule is NC(=O)CC(SCc1ccccc1)C(=O)O. The van der Waals surface area contributed by atoms with Crippen molar-refractivity contribution in [3.8, 4) is 0 Å². The molecule has 0 aliphatic rings. The van der Waals surface area contributed by atoms with Crippen LogP contribution < -0.4 is 5.73 Å². The van der Waals surface area contributed by atoms with Gasteiger partial charge in [-0.3, -0.25) is 9.59 Å². The summed E-state index contributed by atoms with van der Waals surface area (Å²) < 4.78 is 0. The molecule has 0 fully saturated rings. The van der Waals surface area contributed by atoms with Crippen molar-refractivity contribution >= 4 is 23.6 Å². The normalized spacial score (nSPS) is 12.0. The third kappa shape index (κ3) is 4.35. The Morgan fingerprint density at radius 3 is 2.44 bits per heavy atom. The molecule has 0 heterocycles. The van der Waals surface area contributed by atoms with E-state index in [0.29, 0.717) is 5.75 Å². The highest BCUT2D eigenvalue weighted by molar-refractivity contribution is 7.99. The topological polar surface area (TPSA) is 80.4 Å². The summed E-state index contributed by atoms with van der Waals surface area (Å²) in [6, 6.07) is 9.50. The van der Waals surface area contributed by atoms with Crippen LogP contribution in [0, 0.1) is 0 Å². The van der Waals surface area contributed by atoms with Gasteiger partial charge in [0.2, 0.25) is 5.91 Å². The van der Waals surface area contributed by atoms with E-state index in [1.54, 1.807) is 0 Å². The Balaban J connectivity index is 2.50. The summed E-state index contributed by atoms with van der Waals surface area (Å²) in [6.07, 6.45) is -0.132. The standard InChI is InChI=1S/C11H13NO3S/c12-10(13)6-9(11(14)15)16-7-8-4-2-1-3-5-8/h1-5,9H,6-7H2,(H2,12,13)(H,14,15). The van der Waals surface area contributed by atoms with Crippen LogP contribution in [0.25, 0.3) is 0 Å². The molecule has 86 valence electrons. The van der Waals surface area contributed by atoms with Gasteiger partial charge in [0.15, 0.2) is 0 Å². The van der Waals surface area contributed by atoms with Crippen molar-refractivity contribution in [2.45, 2.75) is 17.4 Å². The average molecular weight is 239 g/mol. The lowest BCUT2D eigenvalue weighted by Crippen LogP contribution is -2.24. The molecule has 1 unspecified atom stereocenters. The van der Waals surface area contributed by atoms with Crippen LogP contribution in [0.15, 0.2) is 30.3 Å². The number of amides is 1. The molecule has 1 aromatic carbocycles. The molecular formula is C11H13NO3S. The van der Waals surface area contributed by atoms with Gasteiger partial charge in [-0.05, 0) is 5.56 Å². The molecule has 3 N–H and O–H groups in total. The van der Waals surface area contributed by atoms with Gasteiger partial charge in [-0.1, -0.05) is 30.3 Å². The molecule has 4 nitrogen and oxygen atoms in total. The molecule has 5 heteroatoms. The number of carboxylic acids is 1. The maximum Gasteiger partial charge on any atom is 0.317 e. The summed E-state index contributed by atoms with van der Waals surface area (Å²) in [5, 5.41) is 8.11. The second-order valence-corrected chi connectivity index (χ2v) is 4.48. The molecule has 0 saturated heterocycles. The minimum Gasteiger partial charge on any atom is -0.480 e. The van der Waals surface area contributed by atoms with Crippen molar-refractivity contribution in [3.05, 3.63) is 35.9 Å². The van der Waals surface area contributed by atoms with Crippen molar-refractivity contribution in [2.24, 2.45) is 5.73 Å². The van der Waals surface area contributed by atoms with E-state index < -0.39 is 17.1 Å². The summed E-state index contributed by atoms with van der Waals surface area (Å²) in [5.74, 6) is -1.03. The van der Waals surface area contributed by atoms with Crippen LogP contribution in [-0.2, 0) is 15.3 Å². The van der Waals surface area contributed by atoms with Crippen LogP contribution in [0.1, 0.15) is 12.0 Å². The Morgan fingerprint density at radius 2 is 1.94 bits per heavy atom. The van der Waals surface area contributed by atoms with Gasteiger partial charge in [0.25, 0.3) is 0 Å². The van der Waals surface area contributed by atoms with Gasteiger partial charge in [0.05, 0.1) is 0 Å². The van der Waals surface area contributed by atoms with Gasteiger partial charge in [0.1, 0.15) is 5.25 Å². The van der Waals surface area contributed by atoms with Crippen molar-refractivity contribution in [1.82, 2.24) is 0 Å². The van der Waals surface area contributed by atoms with Crippen LogP contribution in [0.2, 0.25) is 0 Å². The van der Waals surface area contributed by atoms with Gasteiger partial charge in [-0.15, -0.1) is 11.8 Å². The molecule has 1 amide bonds. The van der Waals surface area contributed by atoms with E-state index in [0.717, 1.165) is 5.56 Å². The summed E-state index contributed by atoms with van der Waals surface area (Å²) in [7, 11) is 0. The fourth-order valence-electron chi connectivity index (χ4n) is 1.17. The highest BCUT2D eigenvalue weighted by Crippen LogP contribution is 2.20. The quantitative estimate of drug-likeness (QED) is 0.782. The first-order chi connectivity index (χ1) is 7.59. The first kappa shape index (κ1) is 12.6. The number of carbonyl (C=O) groups excluding carboxylic acids is 1. The number of carboxylic acid groups (broad SMARTS) is 1. The fraction of sp³-hybridized carbons (Fsp3) is 0.273. The Hall–Kier alpha value is -1.49. The number of primary amides is 1.